The van der Waals surface area contributed by atoms with E-state index in [9.17, 15) is 9.90 Å². The zero-order valence-electron chi connectivity index (χ0n) is 12.5. The van der Waals surface area contributed by atoms with Gasteiger partial charge in [-0.3, -0.25) is 4.79 Å². The Morgan fingerprint density at radius 2 is 2.15 bits per heavy atom. The molecule has 1 aromatic carbocycles. The highest BCUT2D eigenvalue weighted by molar-refractivity contribution is 7.99. The van der Waals surface area contributed by atoms with Crippen molar-refractivity contribution < 1.29 is 9.90 Å². The van der Waals surface area contributed by atoms with Gasteiger partial charge >= 0.3 is 0 Å². The van der Waals surface area contributed by atoms with Crippen LogP contribution in [0.5, 0.6) is 0 Å². The molecular formula is C16H23NO2S. The van der Waals surface area contributed by atoms with Crippen LogP contribution in [0.3, 0.4) is 0 Å². The zero-order valence-corrected chi connectivity index (χ0v) is 13.3. The third-order valence-corrected chi connectivity index (χ3v) is 4.86. The van der Waals surface area contributed by atoms with Gasteiger partial charge in [-0.15, -0.1) is 11.8 Å². The number of aryl methyl sites for hydroxylation is 2. The van der Waals surface area contributed by atoms with E-state index in [4.69, 9.17) is 0 Å². The fourth-order valence-corrected chi connectivity index (χ4v) is 3.31. The number of likely N-dealkylation sites (tertiary alicyclic amines) is 1. The average Bonchev–Trinajstić information content (AvgIpc) is 2.74. The van der Waals surface area contributed by atoms with Crippen LogP contribution in [0.25, 0.3) is 0 Å². The second-order valence-corrected chi connectivity index (χ2v) is 7.08. The molecule has 1 N–H and O–H groups in total. The first-order valence-electron chi connectivity index (χ1n) is 7.08. The van der Waals surface area contributed by atoms with Crippen molar-refractivity contribution in [2.75, 3.05) is 18.8 Å². The molecule has 0 radical (unpaired) electrons. The topological polar surface area (TPSA) is 40.5 Å². The molecule has 1 heterocycles. The van der Waals surface area contributed by atoms with Gasteiger partial charge in [0.1, 0.15) is 0 Å². The predicted octanol–water partition coefficient (Wildman–Crippen LogP) is 2.77. The van der Waals surface area contributed by atoms with Crippen molar-refractivity contribution in [3.63, 3.8) is 0 Å². The molecule has 4 heteroatoms. The molecule has 0 aliphatic carbocycles. The lowest BCUT2D eigenvalue weighted by atomic mass is 10.1. The van der Waals surface area contributed by atoms with Crippen LogP contribution in [-0.2, 0) is 4.79 Å². The summed E-state index contributed by atoms with van der Waals surface area (Å²) in [4.78, 5) is 15.0. The number of carbonyl (C=O) groups is 1. The van der Waals surface area contributed by atoms with Crippen LogP contribution in [0, 0.1) is 13.8 Å². The van der Waals surface area contributed by atoms with Crippen molar-refractivity contribution in [2.24, 2.45) is 0 Å². The summed E-state index contributed by atoms with van der Waals surface area (Å²) in [7, 11) is 0. The number of rotatable bonds is 4. The van der Waals surface area contributed by atoms with Gasteiger partial charge in [0, 0.05) is 30.2 Å². The third-order valence-electron chi connectivity index (χ3n) is 3.87. The lowest BCUT2D eigenvalue weighted by molar-refractivity contribution is -0.130. The van der Waals surface area contributed by atoms with Crippen molar-refractivity contribution in [1.82, 2.24) is 4.90 Å². The van der Waals surface area contributed by atoms with Crippen molar-refractivity contribution in [1.29, 1.82) is 0 Å². The second kappa shape index (κ2) is 6.19. The van der Waals surface area contributed by atoms with Gasteiger partial charge in [-0.2, -0.15) is 0 Å². The second-order valence-electron chi connectivity index (χ2n) is 5.91. The molecule has 0 bridgehead atoms. The SMILES string of the molecule is Cc1ccc(SCCC(=O)N2CCC(C)(O)C2)cc1C. The first-order chi connectivity index (χ1) is 9.37. The molecule has 1 aliphatic heterocycles. The highest BCUT2D eigenvalue weighted by Crippen LogP contribution is 2.24. The standard InChI is InChI=1S/C16H23NO2S/c1-12-4-5-14(10-13(12)2)20-9-6-15(18)17-8-7-16(3,19)11-17/h4-5,10,19H,6-9,11H2,1-3H3. The van der Waals surface area contributed by atoms with E-state index in [1.807, 2.05) is 0 Å². The minimum absolute atomic E-state index is 0.152. The molecular weight excluding hydrogens is 270 g/mol. The van der Waals surface area contributed by atoms with Crippen LogP contribution >= 0.6 is 11.8 Å². The van der Waals surface area contributed by atoms with Crippen LogP contribution in [0.4, 0.5) is 0 Å². The van der Waals surface area contributed by atoms with Gasteiger partial charge in [0.2, 0.25) is 5.91 Å². The molecule has 0 aromatic heterocycles. The molecule has 1 atom stereocenters. The van der Waals surface area contributed by atoms with E-state index in [-0.39, 0.29) is 5.91 Å². The highest BCUT2D eigenvalue weighted by atomic mass is 32.2. The maximum atomic E-state index is 12.0. The Bertz CT molecular complexity index is 499. The first kappa shape index (κ1) is 15.4. The molecule has 1 unspecified atom stereocenters. The van der Waals surface area contributed by atoms with Gasteiger partial charge in [0.25, 0.3) is 0 Å². The normalized spacial score (nSPS) is 22.3. The van der Waals surface area contributed by atoms with Crippen LogP contribution < -0.4 is 0 Å². The number of hydrogen-bond donors (Lipinski definition) is 1. The summed E-state index contributed by atoms with van der Waals surface area (Å²) in [5.41, 5.74) is 1.89. The fourth-order valence-electron chi connectivity index (χ4n) is 2.38. The fraction of sp³-hybridized carbons (Fsp3) is 0.562. The van der Waals surface area contributed by atoms with Gasteiger partial charge in [-0.1, -0.05) is 6.07 Å². The Morgan fingerprint density at radius 1 is 1.40 bits per heavy atom. The predicted molar refractivity (Wildman–Crippen MR) is 83.1 cm³/mol. The van der Waals surface area contributed by atoms with E-state index < -0.39 is 5.60 Å². The number of β-amino-alcohol motifs (C(OH)–C–C–N with tert-alkyl or cyclic N) is 1. The molecule has 0 saturated carbocycles. The molecule has 1 saturated heterocycles. The van der Waals surface area contributed by atoms with Crippen LogP contribution in [-0.4, -0.2) is 40.4 Å². The summed E-state index contributed by atoms with van der Waals surface area (Å²) < 4.78 is 0. The summed E-state index contributed by atoms with van der Waals surface area (Å²) >= 11 is 1.72. The molecule has 1 aliphatic rings. The summed E-state index contributed by atoms with van der Waals surface area (Å²) in [5.74, 6) is 0.944. The zero-order chi connectivity index (χ0) is 14.8. The van der Waals surface area contributed by atoms with Crippen molar-refractivity contribution in [3.8, 4) is 0 Å². The molecule has 2 rings (SSSR count). The number of thioether (sulfide) groups is 1. The highest BCUT2D eigenvalue weighted by Gasteiger charge is 2.33. The Balaban J connectivity index is 1.78. The summed E-state index contributed by atoms with van der Waals surface area (Å²) in [6.45, 7) is 7.16. The maximum absolute atomic E-state index is 12.0. The number of aliphatic hydroxyl groups is 1. The lowest BCUT2D eigenvalue weighted by Gasteiger charge is -2.18. The van der Waals surface area contributed by atoms with Crippen LogP contribution in [0.15, 0.2) is 23.1 Å². The minimum Gasteiger partial charge on any atom is -0.388 e. The van der Waals surface area contributed by atoms with Crippen molar-refractivity contribution in [2.45, 2.75) is 44.1 Å². The van der Waals surface area contributed by atoms with Gasteiger partial charge in [-0.25, -0.2) is 0 Å². The Hall–Kier alpha value is -1.00. The minimum atomic E-state index is -0.698. The third kappa shape index (κ3) is 4.00. The number of carbonyl (C=O) groups excluding carboxylic acids is 1. The number of amides is 1. The number of hydrogen-bond acceptors (Lipinski definition) is 3. The Labute approximate surface area is 125 Å². The molecule has 110 valence electrons. The van der Waals surface area contributed by atoms with Crippen LogP contribution in [0.1, 0.15) is 30.9 Å². The van der Waals surface area contributed by atoms with E-state index in [0.29, 0.717) is 25.9 Å². The van der Waals surface area contributed by atoms with Gasteiger partial charge in [-0.05, 0) is 50.5 Å². The average molecular weight is 293 g/mol. The molecule has 1 aromatic rings. The molecule has 0 spiro atoms. The summed E-state index contributed by atoms with van der Waals surface area (Å²) in [6, 6.07) is 6.40. The van der Waals surface area contributed by atoms with E-state index in [1.54, 1.807) is 23.6 Å². The molecule has 20 heavy (non-hydrogen) atoms. The summed E-state index contributed by atoms with van der Waals surface area (Å²) in [5, 5.41) is 9.87. The first-order valence-corrected chi connectivity index (χ1v) is 8.06. The van der Waals surface area contributed by atoms with E-state index >= 15 is 0 Å². The Kier molecular flexibility index (Phi) is 4.76. The smallest absolute Gasteiger partial charge is 0.223 e. The van der Waals surface area contributed by atoms with Gasteiger partial charge in [0.05, 0.1) is 5.60 Å². The summed E-state index contributed by atoms with van der Waals surface area (Å²) in [6.07, 6.45) is 1.22. The Morgan fingerprint density at radius 3 is 2.75 bits per heavy atom. The van der Waals surface area contributed by atoms with E-state index in [2.05, 4.69) is 32.0 Å². The number of benzene rings is 1. The molecule has 1 amide bonds. The van der Waals surface area contributed by atoms with Crippen molar-refractivity contribution in [3.05, 3.63) is 29.3 Å². The maximum Gasteiger partial charge on any atom is 0.223 e. The van der Waals surface area contributed by atoms with Crippen LogP contribution in [0.2, 0.25) is 0 Å². The molecule has 3 nitrogen and oxygen atoms in total. The van der Waals surface area contributed by atoms with Gasteiger partial charge in [0.15, 0.2) is 0 Å². The lowest BCUT2D eigenvalue weighted by Crippen LogP contribution is -2.34. The van der Waals surface area contributed by atoms with Crippen molar-refractivity contribution >= 4 is 17.7 Å². The molecule has 1 fully saturated rings. The quantitative estimate of drug-likeness (QED) is 0.868. The van der Waals surface area contributed by atoms with E-state index in [1.165, 1.54) is 16.0 Å². The largest absolute Gasteiger partial charge is 0.388 e. The number of nitrogens with zero attached hydrogens (tertiary/aromatic N) is 1. The monoisotopic (exact) mass is 293 g/mol. The van der Waals surface area contributed by atoms with Gasteiger partial charge < -0.3 is 10.0 Å². The van der Waals surface area contributed by atoms with E-state index in [0.717, 1.165) is 5.75 Å².